The van der Waals surface area contributed by atoms with Gasteiger partial charge in [-0.2, -0.15) is 0 Å². The lowest BCUT2D eigenvalue weighted by atomic mass is 9.80. The number of aliphatic carboxylic acids is 1. The minimum absolute atomic E-state index is 0.00377. The summed E-state index contributed by atoms with van der Waals surface area (Å²) in [6, 6.07) is 7.62. The second-order valence-corrected chi connectivity index (χ2v) is 8.48. The fourth-order valence-corrected chi connectivity index (χ4v) is 5.04. The minimum Gasteiger partial charge on any atom is -0.479 e. The number of nitrogens with one attached hydrogen (secondary N) is 1. The Balaban J connectivity index is 1.90. The van der Waals surface area contributed by atoms with E-state index in [0.717, 1.165) is 28.0 Å². The van der Waals surface area contributed by atoms with Crippen LogP contribution in [0.4, 0.5) is 20.6 Å². The first kappa shape index (κ1) is 23.8. The Morgan fingerprint density at radius 1 is 1.17 bits per heavy atom. The van der Waals surface area contributed by atoms with Gasteiger partial charge in [0.15, 0.2) is 5.54 Å². The number of hydrogen-bond acceptors (Lipinski definition) is 6. The van der Waals surface area contributed by atoms with Gasteiger partial charge >= 0.3 is 12.0 Å². The number of carboxylic acid groups (broad SMARTS) is 1. The van der Waals surface area contributed by atoms with Gasteiger partial charge in [-0.15, -0.1) is 0 Å². The van der Waals surface area contributed by atoms with E-state index in [2.05, 4.69) is 5.32 Å². The maximum atomic E-state index is 13.5. The zero-order valence-electron chi connectivity index (χ0n) is 18.7. The number of imide groups is 1. The lowest BCUT2D eigenvalue weighted by molar-refractivity contribution is -0.385. The van der Waals surface area contributed by atoms with Gasteiger partial charge in [0.2, 0.25) is 11.8 Å². The number of carbonyl (C=O) groups is 4. The van der Waals surface area contributed by atoms with Gasteiger partial charge in [0.05, 0.1) is 22.8 Å². The molecule has 2 heterocycles. The number of amides is 4. The van der Waals surface area contributed by atoms with Crippen LogP contribution in [-0.2, 0) is 14.4 Å². The molecule has 4 amide bonds. The van der Waals surface area contributed by atoms with Crippen molar-refractivity contribution in [2.45, 2.75) is 25.4 Å². The number of nitro benzene ring substituents is 1. The molecule has 0 aromatic heterocycles. The number of carbonyl (C=O) groups excluding carboxylic acids is 3. The number of urea groups is 1. The van der Waals surface area contributed by atoms with Crippen molar-refractivity contribution in [3.8, 4) is 0 Å². The molecule has 11 nitrogen and oxygen atoms in total. The maximum Gasteiger partial charge on any atom is 0.330 e. The molecular formula is C23H21FN4O7. The molecule has 0 bridgehead atoms. The van der Waals surface area contributed by atoms with Gasteiger partial charge < -0.3 is 10.4 Å². The summed E-state index contributed by atoms with van der Waals surface area (Å²) < 4.78 is 13.3. The van der Waals surface area contributed by atoms with Gasteiger partial charge in [0.25, 0.3) is 5.69 Å². The molecule has 182 valence electrons. The quantitative estimate of drug-likeness (QED) is 0.376. The third-order valence-electron chi connectivity index (χ3n) is 6.65. The molecule has 2 aliphatic heterocycles. The van der Waals surface area contributed by atoms with E-state index in [9.17, 15) is 38.8 Å². The highest BCUT2D eigenvalue weighted by molar-refractivity contribution is 6.11. The van der Waals surface area contributed by atoms with E-state index in [4.69, 9.17) is 0 Å². The molecule has 4 unspecified atom stereocenters. The van der Waals surface area contributed by atoms with Gasteiger partial charge in [0, 0.05) is 24.4 Å². The Morgan fingerprint density at radius 3 is 2.40 bits per heavy atom. The Labute approximate surface area is 198 Å². The highest BCUT2D eigenvalue weighted by atomic mass is 19.1. The average molecular weight is 484 g/mol. The van der Waals surface area contributed by atoms with Crippen LogP contribution in [0.25, 0.3) is 0 Å². The summed E-state index contributed by atoms with van der Waals surface area (Å²) in [6.07, 6.45) is 0. The van der Waals surface area contributed by atoms with E-state index in [1.54, 1.807) is 6.92 Å². The van der Waals surface area contributed by atoms with Crippen molar-refractivity contribution in [1.82, 2.24) is 9.80 Å². The number of hydrogen-bond donors (Lipinski definition) is 2. The highest BCUT2D eigenvalue weighted by Gasteiger charge is 2.71. The molecule has 2 aliphatic rings. The van der Waals surface area contributed by atoms with E-state index in [1.807, 2.05) is 0 Å². The van der Waals surface area contributed by atoms with Gasteiger partial charge in [-0.05, 0) is 43.7 Å². The Kier molecular flexibility index (Phi) is 5.75. The maximum absolute atomic E-state index is 13.5. The van der Waals surface area contributed by atoms with Crippen LogP contribution < -0.4 is 5.32 Å². The molecule has 12 heteroatoms. The van der Waals surface area contributed by atoms with Crippen molar-refractivity contribution < 1.29 is 33.6 Å². The van der Waals surface area contributed by atoms with Crippen LogP contribution in [0.3, 0.4) is 0 Å². The molecule has 2 aromatic rings. The lowest BCUT2D eigenvalue weighted by Gasteiger charge is -2.38. The summed E-state index contributed by atoms with van der Waals surface area (Å²) >= 11 is 0. The zero-order valence-corrected chi connectivity index (χ0v) is 18.7. The fourth-order valence-electron chi connectivity index (χ4n) is 5.04. The number of nitrogens with zero attached hydrogens (tertiary/aromatic N) is 3. The average Bonchev–Trinajstić information content (AvgIpc) is 3.25. The number of carboxylic acids is 1. The van der Waals surface area contributed by atoms with Crippen molar-refractivity contribution >= 4 is 35.2 Å². The van der Waals surface area contributed by atoms with Gasteiger partial charge in [0.1, 0.15) is 5.82 Å². The second-order valence-electron chi connectivity index (χ2n) is 8.48. The normalized spacial score (nSPS) is 25.5. The number of halogens is 1. The zero-order chi connectivity index (χ0) is 25.7. The summed E-state index contributed by atoms with van der Waals surface area (Å²) in [7, 11) is 0. The Morgan fingerprint density at radius 2 is 1.83 bits per heavy atom. The summed E-state index contributed by atoms with van der Waals surface area (Å²) in [5, 5.41) is 24.1. The SMILES string of the molecule is CCN1C(=O)C2C(c3cccc([N+](=O)[O-])c3)N(C(=O)Nc3ccc(F)cc3)C(C)(C(=O)O)C2C1=O. The summed E-state index contributed by atoms with van der Waals surface area (Å²) in [5.41, 5.74) is -2.22. The summed E-state index contributed by atoms with van der Waals surface area (Å²) in [5.74, 6) is -6.17. The second kappa shape index (κ2) is 8.46. The van der Waals surface area contributed by atoms with Crippen LogP contribution in [-0.4, -0.2) is 55.7 Å². The molecule has 2 saturated heterocycles. The first-order chi connectivity index (χ1) is 16.5. The van der Waals surface area contributed by atoms with Crippen LogP contribution in [0.2, 0.25) is 0 Å². The van der Waals surface area contributed by atoms with E-state index in [0.29, 0.717) is 0 Å². The standard InChI is InChI=1S/C23H21FN4O7/c1-3-26-19(29)16-17(20(26)30)23(2,21(31)32)27(22(33)25-14-9-7-13(24)8-10-14)18(16)12-5-4-6-15(11-12)28(34)35/h4-11,16-18H,3H2,1-2H3,(H,25,33)(H,31,32). The van der Waals surface area contributed by atoms with Crippen molar-refractivity contribution in [2.24, 2.45) is 11.8 Å². The molecule has 4 rings (SSSR count). The molecule has 0 spiro atoms. The van der Waals surface area contributed by atoms with Crippen LogP contribution >= 0.6 is 0 Å². The predicted octanol–water partition coefficient (Wildman–Crippen LogP) is 2.79. The first-order valence-electron chi connectivity index (χ1n) is 10.7. The first-order valence-corrected chi connectivity index (χ1v) is 10.7. The van der Waals surface area contributed by atoms with Crippen molar-refractivity contribution in [1.29, 1.82) is 0 Å². The molecule has 35 heavy (non-hydrogen) atoms. The summed E-state index contributed by atoms with van der Waals surface area (Å²) in [6.45, 7) is 2.75. The fraction of sp³-hybridized carbons (Fsp3) is 0.304. The molecule has 2 N–H and O–H groups in total. The van der Waals surface area contributed by atoms with Crippen LogP contribution in [0.1, 0.15) is 25.5 Å². The molecule has 0 saturated carbocycles. The van der Waals surface area contributed by atoms with Crippen LogP contribution in [0, 0.1) is 27.8 Å². The molecule has 0 radical (unpaired) electrons. The van der Waals surface area contributed by atoms with E-state index < -0.39 is 58.0 Å². The highest BCUT2D eigenvalue weighted by Crippen LogP contribution is 2.55. The number of anilines is 1. The molecular weight excluding hydrogens is 463 g/mol. The third kappa shape index (κ3) is 3.57. The number of fused-ring (bicyclic) bond motifs is 1. The number of likely N-dealkylation sites (tertiary alicyclic amines) is 2. The summed E-state index contributed by atoms with van der Waals surface area (Å²) in [4.78, 5) is 65.2. The van der Waals surface area contributed by atoms with Gasteiger partial charge in [-0.25, -0.2) is 14.0 Å². The van der Waals surface area contributed by atoms with Gasteiger partial charge in [-0.1, -0.05) is 12.1 Å². The molecule has 0 aliphatic carbocycles. The van der Waals surface area contributed by atoms with Crippen molar-refractivity contribution in [3.63, 3.8) is 0 Å². The molecule has 4 atom stereocenters. The third-order valence-corrected chi connectivity index (χ3v) is 6.65. The topological polar surface area (TPSA) is 150 Å². The predicted molar refractivity (Wildman–Crippen MR) is 119 cm³/mol. The monoisotopic (exact) mass is 484 g/mol. The molecule has 2 aromatic carbocycles. The number of non-ortho nitro benzene ring substituents is 1. The van der Waals surface area contributed by atoms with Crippen LogP contribution in [0.15, 0.2) is 48.5 Å². The van der Waals surface area contributed by atoms with Crippen molar-refractivity contribution in [3.05, 3.63) is 70.0 Å². The smallest absolute Gasteiger partial charge is 0.330 e. The largest absolute Gasteiger partial charge is 0.479 e. The minimum atomic E-state index is -2.17. The Hall–Kier alpha value is -4.35. The van der Waals surface area contributed by atoms with E-state index in [1.165, 1.54) is 37.3 Å². The lowest BCUT2D eigenvalue weighted by Crippen LogP contribution is -2.58. The van der Waals surface area contributed by atoms with E-state index >= 15 is 0 Å². The van der Waals surface area contributed by atoms with E-state index in [-0.39, 0.29) is 23.5 Å². The van der Waals surface area contributed by atoms with Crippen LogP contribution in [0.5, 0.6) is 0 Å². The molecule has 2 fully saturated rings. The Bertz CT molecular complexity index is 1250. The number of benzene rings is 2. The number of rotatable bonds is 5. The number of nitro groups is 1. The van der Waals surface area contributed by atoms with Gasteiger partial charge in [-0.3, -0.25) is 29.5 Å². The van der Waals surface area contributed by atoms with Crippen molar-refractivity contribution in [2.75, 3.05) is 11.9 Å².